The molecule has 4 aliphatic heterocycles. The molecule has 0 unspecified atom stereocenters. The van der Waals surface area contributed by atoms with Crippen molar-refractivity contribution in [3.8, 4) is 46.0 Å². The maximum Gasteiger partial charge on any atom is 0.142 e. The number of hydrogen-bond donors (Lipinski definition) is 0. The fraction of sp³-hybridized carbons (Fsp3) is 0.520. The monoisotopic (exact) mass is 1520 g/mol. The summed E-state index contributed by atoms with van der Waals surface area (Å²) in [7, 11) is 0. The molecular weight excluding hydrogens is 1390 g/mol. The molecule has 12 nitrogen and oxygen atoms in total. The average molecular weight is 1520 g/mol. The average Bonchev–Trinajstić information content (AvgIpc) is 0.723. The second kappa shape index (κ2) is 38.0. The van der Waals surface area contributed by atoms with E-state index in [9.17, 15) is 0 Å². The lowest BCUT2D eigenvalue weighted by Gasteiger charge is -2.41. The highest BCUT2D eigenvalue weighted by Crippen LogP contribution is 2.60. The van der Waals surface area contributed by atoms with Crippen molar-refractivity contribution in [3.63, 3.8) is 0 Å². The smallest absolute Gasteiger partial charge is 0.142 e. The van der Waals surface area contributed by atoms with Gasteiger partial charge < -0.3 is 37.9 Å². The van der Waals surface area contributed by atoms with Crippen LogP contribution >= 0.6 is 0 Å². The third-order valence-corrected chi connectivity index (χ3v) is 24.6. The molecule has 0 N–H and O–H groups in total. The second-order valence-corrected chi connectivity index (χ2v) is 34.1. The Hall–Kier alpha value is -8.00. The van der Waals surface area contributed by atoms with E-state index in [-0.39, 0.29) is 72.3 Å². The Labute approximate surface area is 673 Å². The van der Waals surface area contributed by atoms with Gasteiger partial charge in [-0.15, -0.1) is 0 Å². The van der Waals surface area contributed by atoms with Gasteiger partial charge in [-0.05, 0) is 155 Å². The summed E-state index contributed by atoms with van der Waals surface area (Å²) in [5.41, 5.74) is 18.9. The van der Waals surface area contributed by atoms with Gasteiger partial charge in [-0.1, -0.05) is 226 Å². The second-order valence-electron chi connectivity index (χ2n) is 34.1. The fourth-order valence-corrected chi connectivity index (χ4v) is 18.5. The lowest BCUT2D eigenvalue weighted by Crippen LogP contribution is -2.36. The number of nitrogens with zero attached hydrogens (tertiary/aromatic N) is 4. The third-order valence-electron chi connectivity index (χ3n) is 24.6. The molecule has 0 amide bonds. The summed E-state index contributed by atoms with van der Waals surface area (Å²) in [6, 6.07) is 54.6. The highest BCUT2D eigenvalue weighted by atomic mass is 16.5. The van der Waals surface area contributed by atoms with Crippen molar-refractivity contribution in [2.45, 2.75) is 312 Å². The summed E-state index contributed by atoms with van der Waals surface area (Å²) < 4.78 is 62.1. The summed E-state index contributed by atoms with van der Waals surface area (Å²) in [4.78, 5) is 10.1. The van der Waals surface area contributed by atoms with Gasteiger partial charge >= 0.3 is 0 Å². The number of benzene rings is 8. The normalized spacial score (nSPS) is 19.0. The molecule has 0 saturated carbocycles. The lowest BCUT2D eigenvalue weighted by molar-refractivity contribution is 0.0567. The number of ether oxygens (including phenoxy) is 8. The van der Waals surface area contributed by atoms with Crippen LogP contribution in [0.25, 0.3) is 0 Å². The van der Waals surface area contributed by atoms with Crippen molar-refractivity contribution >= 4 is 0 Å². The molecule has 0 fully saturated rings. The molecule has 0 aromatic heterocycles. The Morgan fingerprint density at radius 3 is 0.652 bits per heavy atom. The van der Waals surface area contributed by atoms with Crippen LogP contribution in [0.15, 0.2) is 146 Å². The minimum atomic E-state index is -0.212. The first kappa shape index (κ1) is 82.0. The third kappa shape index (κ3) is 18.1. The molecule has 5 aliphatic rings. The zero-order chi connectivity index (χ0) is 78.7. The molecule has 0 spiro atoms. The predicted molar refractivity (Wildman–Crippen MR) is 456 cm³/mol. The molecule has 12 heteroatoms. The lowest BCUT2D eigenvalue weighted by atomic mass is 9.74. The van der Waals surface area contributed by atoms with E-state index in [4.69, 9.17) is 37.9 Å². The topological polar surface area (TPSA) is 86.8 Å². The summed E-state index contributed by atoms with van der Waals surface area (Å²) in [5, 5.41) is 0. The van der Waals surface area contributed by atoms with Gasteiger partial charge in [0.25, 0.3) is 0 Å². The predicted octanol–water partition coefficient (Wildman–Crippen LogP) is 25.7. The van der Waals surface area contributed by atoms with Gasteiger partial charge in [0, 0.05) is 119 Å². The van der Waals surface area contributed by atoms with Crippen LogP contribution in [-0.4, -0.2) is 70.9 Å². The molecule has 8 atom stereocenters. The summed E-state index contributed by atoms with van der Waals surface area (Å²) in [6.07, 6.45) is 15.3. The van der Waals surface area contributed by atoms with Gasteiger partial charge in [0.15, 0.2) is 0 Å². The van der Waals surface area contributed by atoms with E-state index >= 15 is 0 Å². The van der Waals surface area contributed by atoms with Crippen molar-refractivity contribution in [3.05, 3.63) is 235 Å². The molecule has 600 valence electrons. The summed E-state index contributed by atoms with van der Waals surface area (Å²) in [6.45, 7) is 40.5. The van der Waals surface area contributed by atoms with Crippen LogP contribution in [0.3, 0.4) is 0 Å². The van der Waals surface area contributed by atoms with Crippen LogP contribution in [0.5, 0.6) is 46.0 Å². The van der Waals surface area contributed by atoms with E-state index in [1.165, 1.54) is 66.8 Å². The maximum atomic E-state index is 7.78. The number of hydrogen-bond acceptors (Lipinski definition) is 12. The van der Waals surface area contributed by atoms with Crippen LogP contribution < -0.4 is 37.9 Å². The van der Waals surface area contributed by atoms with E-state index in [0.29, 0.717) is 53.1 Å². The Balaban J connectivity index is 1.23. The zero-order valence-corrected chi connectivity index (χ0v) is 70.8. The van der Waals surface area contributed by atoms with E-state index in [2.05, 4.69) is 276 Å². The Kier molecular flexibility index (Phi) is 27.8. The summed E-state index contributed by atoms with van der Waals surface area (Å²) >= 11 is 0. The molecule has 13 rings (SSSR count). The van der Waals surface area contributed by atoms with Crippen molar-refractivity contribution in [2.24, 2.45) is 0 Å². The van der Waals surface area contributed by atoms with Crippen LogP contribution in [0, 0.1) is 0 Å². The molecule has 8 aromatic carbocycles. The fourth-order valence-electron chi connectivity index (χ4n) is 18.5. The largest absolute Gasteiger partial charge is 0.490 e. The van der Waals surface area contributed by atoms with Crippen LogP contribution in [0.4, 0.5) is 0 Å². The molecule has 112 heavy (non-hydrogen) atoms. The SMILES string of the molecule is CCCCC[C@H]1c2cc(c(OC(C)C)c3c2OCN([C@@H](C)c2ccccc2)C3)[C@@H](CCCCC)c2cc(c(OC(C)C)c3c2OCN([C@@H](C)c2ccccc2)C3)[C@@H](CCCCC)c2cc(c(OC(C)C)c3c2OCN([C@@H](C)c2ccccc2)C3)[C@@H](CCCCC)c2cc1c(OC(C)C)c1c2OCN([C@@H](C)c2ccccc2)C1. The molecular formula is C100H132N4O8. The first-order valence-electron chi connectivity index (χ1n) is 43.5. The minimum Gasteiger partial charge on any atom is -0.490 e. The van der Waals surface area contributed by atoms with Crippen molar-refractivity contribution < 1.29 is 37.9 Å². The van der Waals surface area contributed by atoms with Gasteiger partial charge in [0.2, 0.25) is 0 Å². The first-order chi connectivity index (χ1) is 54.4. The number of fused-ring (bicyclic) bond motifs is 16. The number of unbranched alkanes of at least 4 members (excludes halogenated alkanes) is 8. The van der Waals surface area contributed by atoms with E-state index in [0.717, 1.165) is 171 Å². The van der Waals surface area contributed by atoms with E-state index in [1.54, 1.807) is 0 Å². The number of rotatable bonds is 32. The van der Waals surface area contributed by atoms with Crippen LogP contribution in [-0.2, 0) is 26.2 Å². The maximum absolute atomic E-state index is 7.78. The molecule has 8 aromatic rings. The van der Waals surface area contributed by atoms with E-state index < -0.39 is 0 Å². The zero-order valence-electron chi connectivity index (χ0n) is 70.8. The molecule has 4 heterocycles. The van der Waals surface area contributed by atoms with Crippen molar-refractivity contribution in [1.29, 1.82) is 0 Å². The van der Waals surface area contributed by atoms with Gasteiger partial charge in [-0.2, -0.15) is 0 Å². The van der Waals surface area contributed by atoms with Gasteiger partial charge in [-0.3, -0.25) is 19.6 Å². The van der Waals surface area contributed by atoms with Crippen LogP contribution in [0.2, 0.25) is 0 Å². The van der Waals surface area contributed by atoms with Crippen molar-refractivity contribution in [2.75, 3.05) is 26.9 Å². The van der Waals surface area contributed by atoms with Gasteiger partial charge in [0.05, 0.1) is 46.7 Å². The Morgan fingerprint density at radius 1 is 0.277 bits per heavy atom. The quantitative estimate of drug-likeness (QED) is 0.0376. The molecule has 8 bridgehead atoms. The Morgan fingerprint density at radius 2 is 0.473 bits per heavy atom. The highest BCUT2D eigenvalue weighted by Gasteiger charge is 2.44. The van der Waals surface area contributed by atoms with Gasteiger partial charge in [0.1, 0.15) is 72.9 Å². The first-order valence-corrected chi connectivity index (χ1v) is 43.5. The standard InChI is InChI=1S/C100H132N4O8/c1-17-21-29-49-77-81-53-86(98(110-66(7)8)89-57-101(61-105-93(81)89)69(13)73-41-33-25-34-42-73)79(51-31-23-19-3)83-55-88(100(112-68(11)12)91-59-103(63-107-95(83)91)71(15)75-45-37-27-38-46-75)80(52-32-24-20-4)84-56-87(99(111-67(9)10)92-60-104(64-108-96(84)92)72(16)76-47-39-28-40-48-76)78(50-30-22-18-2)82-54-85(77)97(109-65(5)6)90-58-102(62-106-94(82)90)70(14)74-43-35-26-36-44-74/h25-28,33-48,53-56,65-72,77-80H,17-24,29-32,49-52,57-64H2,1-16H3/t69-,70-,71-,72-,77-,78-,79-,80-/m0/s1. The molecule has 0 radical (unpaired) electrons. The molecule has 0 saturated heterocycles. The Bertz CT molecular complexity index is 3820. The van der Waals surface area contributed by atoms with E-state index in [1.807, 2.05) is 0 Å². The van der Waals surface area contributed by atoms with Gasteiger partial charge in [-0.25, -0.2) is 0 Å². The summed E-state index contributed by atoms with van der Waals surface area (Å²) in [5.74, 6) is 6.54. The van der Waals surface area contributed by atoms with Crippen LogP contribution in [0.1, 0.15) is 350 Å². The molecule has 1 aliphatic carbocycles. The minimum absolute atomic E-state index is 0.0359. The highest BCUT2D eigenvalue weighted by molar-refractivity contribution is 5.70. The van der Waals surface area contributed by atoms with Crippen molar-refractivity contribution in [1.82, 2.24) is 19.6 Å².